The third-order valence-electron chi connectivity index (χ3n) is 3.88. The Morgan fingerprint density at radius 1 is 1.35 bits per heavy atom. The lowest BCUT2D eigenvalue weighted by Gasteiger charge is -2.15. The third-order valence-corrected chi connectivity index (χ3v) is 5.52. The van der Waals surface area contributed by atoms with Gasteiger partial charge in [-0.2, -0.15) is 0 Å². The van der Waals surface area contributed by atoms with E-state index in [1.54, 1.807) is 6.07 Å². The van der Waals surface area contributed by atoms with Gasteiger partial charge in [0, 0.05) is 15.8 Å². The van der Waals surface area contributed by atoms with Crippen LogP contribution in [-0.2, 0) is 19.3 Å². The van der Waals surface area contributed by atoms with Gasteiger partial charge in [0.05, 0.1) is 5.02 Å². The monoisotopic (exact) mass is 309 g/mol. The maximum absolute atomic E-state index is 13.2. The van der Waals surface area contributed by atoms with Gasteiger partial charge in [-0.05, 0) is 62.1 Å². The van der Waals surface area contributed by atoms with Crippen LogP contribution in [0.5, 0.6) is 0 Å². The van der Waals surface area contributed by atoms with Crippen LogP contribution in [0.25, 0.3) is 0 Å². The van der Waals surface area contributed by atoms with E-state index in [-0.39, 0.29) is 16.9 Å². The number of likely N-dealkylation sites (N-methyl/N-ethyl adjacent to an activating group) is 1. The molecule has 0 aliphatic heterocycles. The van der Waals surface area contributed by atoms with Crippen molar-refractivity contribution in [3.05, 3.63) is 56.0 Å². The van der Waals surface area contributed by atoms with E-state index in [9.17, 15) is 4.39 Å². The average Bonchev–Trinajstić information content (AvgIpc) is 3.01. The van der Waals surface area contributed by atoms with Crippen LogP contribution in [-0.4, -0.2) is 7.05 Å². The summed E-state index contributed by atoms with van der Waals surface area (Å²) in [7, 11) is 1.97. The van der Waals surface area contributed by atoms with Crippen molar-refractivity contribution in [1.82, 2.24) is 5.32 Å². The van der Waals surface area contributed by atoms with Crippen LogP contribution in [0.1, 0.15) is 33.3 Å². The zero-order chi connectivity index (χ0) is 14.1. The Balaban J connectivity index is 1.80. The van der Waals surface area contributed by atoms with Crippen molar-refractivity contribution in [2.45, 2.75) is 31.7 Å². The van der Waals surface area contributed by atoms with Crippen LogP contribution in [0.15, 0.2) is 24.3 Å². The van der Waals surface area contributed by atoms with E-state index in [0.717, 1.165) is 12.0 Å². The van der Waals surface area contributed by atoms with Gasteiger partial charge in [-0.25, -0.2) is 4.39 Å². The maximum atomic E-state index is 13.2. The van der Waals surface area contributed by atoms with Gasteiger partial charge < -0.3 is 5.32 Å². The fourth-order valence-electron chi connectivity index (χ4n) is 2.77. The molecule has 1 atom stereocenters. The first kappa shape index (κ1) is 14.1. The molecule has 1 heterocycles. The second-order valence-electron chi connectivity index (χ2n) is 5.24. The minimum absolute atomic E-state index is 0.200. The van der Waals surface area contributed by atoms with E-state index in [1.165, 1.54) is 40.6 Å². The molecule has 1 aliphatic rings. The standard InChI is InChI=1S/C16H17ClFNS/c1-19-14(8-10-5-6-13(18)12(17)7-10)16-9-11-3-2-4-15(11)20-16/h5-7,9,14,19H,2-4,8H2,1H3. The van der Waals surface area contributed by atoms with Gasteiger partial charge in [0.1, 0.15) is 5.82 Å². The molecule has 0 bridgehead atoms. The summed E-state index contributed by atoms with van der Waals surface area (Å²) in [5.74, 6) is -0.355. The third kappa shape index (κ3) is 2.76. The molecule has 1 unspecified atom stereocenters. The summed E-state index contributed by atoms with van der Waals surface area (Å²) in [6.45, 7) is 0. The van der Waals surface area contributed by atoms with Crippen molar-refractivity contribution in [2.75, 3.05) is 7.05 Å². The van der Waals surface area contributed by atoms with Crippen LogP contribution in [0.3, 0.4) is 0 Å². The Bertz CT molecular complexity index is 601. The molecule has 1 nitrogen and oxygen atoms in total. The van der Waals surface area contributed by atoms with Gasteiger partial charge in [0.15, 0.2) is 0 Å². The Hall–Kier alpha value is -0.900. The number of aryl methyl sites for hydroxylation is 2. The Morgan fingerprint density at radius 3 is 2.90 bits per heavy atom. The first-order valence-electron chi connectivity index (χ1n) is 6.90. The highest BCUT2D eigenvalue weighted by atomic mass is 35.5. The summed E-state index contributed by atoms with van der Waals surface area (Å²) in [6, 6.07) is 7.58. The summed E-state index contributed by atoms with van der Waals surface area (Å²) < 4.78 is 13.2. The largest absolute Gasteiger partial charge is 0.312 e. The molecular formula is C16H17ClFNS. The predicted molar refractivity (Wildman–Crippen MR) is 83.3 cm³/mol. The van der Waals surface area contributed by atoms with Crippen molar-refractivity contribution >= 4 is 22.9 Å². The summed E-state index contributed by atoms with van der Waals surface area (Å²) in [5.41, 5.74) is 2.58. The number of benzene rings is 1. The van der Waals surface area contributed by atoms with Gasteiger partial charge in [-0.15, -0.1) is 11.3 Å². The van der Waals surface area contributed by atoms with Gasteiger partial charge in [-0.1, -0.05) is 17.7 Å². The van der Waals surface area contributed by atoms with E-state index in [2.05, 4.69) is 11.4 Å². The van der Waals surface area contributed by atoms with Gasteiger partial charge in [0.2, 0.25) is 0 Å². The molecule has 20 heavy (non-hydrogen) atoms. The Labute approximate surface area is 127 Å². The normalized spacial score (nSPS) is 15.3. The highest BCUT2D eigenvalue weighted by Crippen LogP contribution is 2.35. The number of hydrogen-bond donors (Lipinski definition) is 1. The fourth-order valence-corrected chi connectivity index (χ4v) is 4.34. The lowest BCUT2D eigenvalue weighted by Crippen LogP contribution is -2.17. The van der Waals surface area contributed by atoms with Gasteiger partial charge in [0.25, 0.3) is 0 Å². The number of nitrogens with one attached hydrogen (secondary N) is 1. The molecule has 4 heteroatoms. The summed E-state index contributed by atoms with van der Waals surface area (Å²) >= 11 is 7.77. The van der Waals surface area contributed by atoms with Gasteiger partial charge in [-0.3, -0.25) is 0 Å². The number of hydrogen-bond acceptors (Lipinski definition) is 2. The first-order valence-corrected chi connectivity index (χ1v) is 8.09. The molecule has 0 amide bonds. The quantitative estimate of drug-likeness (QED) is 0.875. The van der Waals surface area contributed by atoms with Crippen molar-refractivity contribution in [1.29, 1.82) is 0 Å². The minimum Gasteiger partial charge on any atom is -0.312 e. The van der Waals surface area contributed by atoms with Crippen LogP contribution >= 0.6 is 22.9 Å². The SMILES string of the molecule is CNC(Cc1ccc(F)c(Cl)c1)c1cc2c(s1)CCC2. The summed E-state index contributed by atoms with van der Waals surface area (Å²) in [4.78, 5) is 2.91. The van der Waals surface area contributed by atoms with Crippen molar-refractivity contribution in [3.63, 3.8) is 0 Å². The Morgan fingerprint density at radius 2 is 2.20 bits per heavy atom. The predicted octanol–water partition coefficient (Wildman–Crippen LogP) is 4.53. The maximum Gasteiger partial charge on any atom is 0.141 e. The highest BCUT2D eigenvalue weighted by Gasteiger charge is 2.19. The first-order chi connectivity index (χ1) is 9.67. The summed E-state index contributed by atoms with van der Waals surface area (Å²) in [6.07, 6.45) is 4.55. The number of fused-ring (bicyclic) bond motifs is 1. The van der Waals surface area contributed by atoms with Crippen molar-refractivity contribution in [2.24, 2.45) is 0 Å². The topological polar surface area (TPSA) is 12.0 Å². The molecule has 1 aromatic carbocycles. The second-order valence-corrected chi connectivity index (χ2v) is 6.82. The molecule has 1 N–H and O–H groups in total. The summed E-state index contributed by atoms with van der Waals surface area (Å²) in [5, 5.41) is 3.56. The molecule has 2 aromatic rings. The van der Waals surface area contributed by atoms with Crippen LogP contribution < -0.4 is 5.32 Å². The number of thiophene rings is 1. The van der Waals surface area contributed by atoms with E-state index in [0.29, 0.717) is 0 Å². The Kier molecular flexibility index (Phi) is 4.11. The smallest absolute Gasteiger partial charge is 0.141 e. The van der Waals surface area contributed by atoms with E-state index < -0.39 is 0 Å². The zero-order valence-corrected chi connectivity index (χ0v) is 13.0. The number of rotatable bonds is 4. The molecule has 1 aliphatic carbocycles. The molecule has 0 radical (unpaired) electrons. The minimum atomic E-state index is -0.355. The number of halogens is 2. The molecule has 0 saturated heterocycles. The lowest BCUT2D eigenvalue weighted by molar-refractivity contribution is 0.597. The van der Waals surface area contributed by atoms with Crippen LogP contribution in [0.2, 0.25) is 5.02 Å². The molecule has 3 rings (SSSR count). The zero-order valence-electron chi connectivity index (χ0n) is 11.4. The highest BCUT2D eigenvalue weighted by molar-refractivity contribution is 7.12. The van der Waals surface area contributed by atoms with E-state index >= 15 is 0 Å². The van der Waals surface area contributed by atoms with Crippen molar-refractivity contribution < 1.29 is 4.39 Å². The molecule has 0 fully saturated rings. The lowest BCUT2D eigenvalue weighted by atomic mass is 10.0. The van der Waals surface area contributed by atoms with Crippen molar-refractivity contribution in [3.8, 4) is 0 Å². The molecule has 1 aromatic heterocycles. The fraction of sp³-hybridized carbons (Fsp3) is 0.375. The molecule has 0 spiro atoms. The van der Waals surface area contributed by atoms with Gasteiger partial charge >= 0.3 is 0 Å². The molecule has 0 saturated carbocycles. The average molecular weight is 310 g/mol. The van der Waals surface area contributed by atoms with Crippen LogP contribution in [0, 0.1) is 5.82 Å². The van der Waals surface area contributed by atoms with E-state index in [1.807, 2.05) is 24.5 Å². The second kappa shape index (κ2) is 5.84. The van der Waals surface area contributed by atoms with E-state index in [4.69, 9.17) is 11.6 Å². The van der Waals surface area contributed by atoms with Crippen LogP contribution in [0.4, 0.5) is 4.39 Å². The molecule has 106 valence electrons. The molecular weight excluding hydrogens is 293 g/mol.